The highest BCUT2D eigenvalue weighted by Crippen LogP contribution is 2.26. The molecule has 0 heterocycles. The molecule has 0 saturated heterocycles. The van der Waals surface area contributed by atoms with Crippen molar-refractivity contribution < 1.29 is 9.84 Å². The van der Waals surface area contributed by atoms with E-state index in [4.69, 9.17) is 4.74 Å². The van der Waals surface area contributed by atoms with Crippen LogP contribution >= 0.6 is 0 Å². The van der Waals surface area contributed by atoms with Crippen molar-refractivity contribution in [2.75, 3.05) is 6.61 Å². The van der Waals surface area contributed by atoms with Gasteiger partial charge in [-0.05, 0) is 31.9 Å². The van der Waals surface area contributed by atoms with Gasteiger partial charge in [0, 0.05) is 5.56 Å². The van der Waals surface area contributed by atoms with Gasteiger partial charge < -0.3 is 9.84 Å². The van der Waals surface area contributed by atoms with Crippen molar-refractivity contribution in [2.45, 2.75) is 26.4 Å². The standard InChI is InChI=1S/C13H18O2/c1-4-5-8-15-13-9-10(2)6-7-12(13)11(3)14/h4,6-7,9,11,14H,1,5,8H2,2-3H3. The number of rotatable bonds is 5. The van der Waals surface area contributed by atoms with Crippen LogP contribution in [0.15, 0.2) is 30.9 Å². The number of hydrogen-bond acceptors (Lipinski definition) is 2. The Morgan fingerprint density at radius 1 is 1.53 bits per heavy atom. The molecule has 1 atom stereocenters. The van der Waals surface area contributed by atoms with Gasteiger partial charge in [0.05, 0.1) is 12.7 Å². The molecule has 15 heavy (non-hydrogen) atoms. The third-order valence-corrected chi connectivity index (χ3v) is 2.20. The molecule has 1 unspecified atom stereocenters. The monoisotopic (exact) mass is 206 g/mol. The largest absolute Gasteiger partial charge is 0.493 e. The lowest BCUT2D eigenvalue weighted by atomic mass is 10.1. The maximum Gasteiger partial charge on any atom is 0.125 e. The first-order valence-electron chi connectivity index (χ1n) is 5.17. The fourth-order valence-corrected chi connectivity index (χ4v) is 1.36. The SMILES string of the molecule is C=CCCOc1cc(C)ccc1C(C)O. The first-order valence-corrected chi connectivity index (χ1v) is 5.17. The lowest BCUT2D eigenvalue weighted by molar-refractivity contribution is 0.191. The van der Waals surface area contributed by atoms with Crippen LogP contribution in [-0.2, 0) is 0 Å². The number of hydrogen-bond donors (Lipinski definition) is 1. The van der Waals surface area contributed by atoms with Crippen molar-refractivity contribution in [3.8, 4) is 5.75 Å². The summed E-state index contributed by atoms with van der Waals surface area (Å²) in [5, 5.41) is 9.55. The number of aliphatic hydroxyl groups excluding tert-OH is 1. The third kappa shape index (κ3) is 3.40. The first-order chi connectivity index (χ1) is 7.15. The van der Waals surface area contributed by atoms with Gasteiger partial charge in [-0.2, -0.15) is 0 Å². The summed E-state index contributed by atoms with van der Waals surface area (Å²) in [4.78, 5) is 0. The zero-order chi connectivity index (χ0) is 11.3. The zero-order valence-electron chi connectivity index (χ0n) is 9.36. The van der Waals surface area contributed by atoms with Crippen molar-refractivity contribution in [2.24, 2.45) is 0 Å². The van der Waals surface area contributed by atoms with E-state index >= 15 is 0 Å². The second kappa shape index (κ2) is 5.56. The number of aliphatic hydroxyl groups is 1. The molecule has 2 nitrogen and oxygen atoms in total. The molecule has 0 radical (unpaired) electrons. The Balaban J connectivity index is 2.82. The van der Waals surface area contributed by atoms with E-state index in [1.54, 1.807) is 6.92 Å². The van der Waals surface area contributed by atoms with E-state index in [0.29, 0.717) is 6.61 Å². The zero-order valence-corrected chi connectivity index (χ0v) is 9.36. The summed E-state index contributed by atoms with van der Waals surface area (Å²) in [5.74, 6) is 0.770. The summed E-state index contributed by atoms with van der Waals surface area (Å²) < 4.78 is 5.59. The molecule has 0 aliphatic carbocycles. The molecule has 0 aromatic heterocycles. The van der Waals surface area contributed by atoms with Crippen LogP contribution < -0.4 is 4.74 Å². The summed E-state index contributed by atoms with van der Waals surface area (Å²) in [5.41, 5.74) is 1.97. The Labute approximate surface area is 91.2 Å². The van der Waals surface area contributed by atoms with Gasteiger partial charge in [0.15, 0.2) is 0 Å². The molecule has 0 bridgehead atoms. The van der Waals surface area contributed by atoms with Crippen LogP contribution in [-0.4, -0.2) is 11.7 Å². The van der Waals surface area contributed by atoms with Crippen molar-refractivity contribution >= 4 is 0 Å². The number of benzene rings is 1. The third-order valence-electron chi connectivity index (χ3n) is 2.20. The summed E-state index contributed by atoms with van der Waals surface area (Å²) in [7, 11) is 0. The Morgan fingerprint density at radius 2 is 2.27 bits per heavy atom. The Morgan fingerprint density at radius 3 is 2.87 bits per heavy atom. The van der Waals surface area contributed by atoms with E-state index in [-0.39, 0.29) is 0 Å². The van der Waals surface area contributed by atoms with E-state index in [0.717, 1.165) is 23.3 Å². The van der Waals surface area contributed by atoms with Gasteiger partial charge in [-0.1, -0.05) is 18.2 Å². The highest BCUT2D eigenvalue weighted by atomic mass is 16.5. The van der Waals surface area contributed by atoms with Crippen molar-refractivity contribution in [1.29, 1.82) is 0 Å². The molecule has 0 aliphatic rings. The lowest BCUT2D eigenvalue weighted by Gasteiger charge is -2.13. The minimum atomic E-state index is -0.496. The van der Waals surface area contributed by atoms with Crippen molar-refractivity contribution in [3.63, 3.8) is 0 Å². The summed E-state index contributed by atoms with van der Waals surface area (Å²) in [6, 6.07) is 5.83. The fraction of sp³-hybridized carbons (Fsp3) is 0.385. The summed E-state index contributed by atoms with van der Waals surface area (Å²) in [6.45, 7) is 7.99. The Hall–Kier alpha value is -1.28. The van der Waals surface area contributed by atoms with Crippen LogP contribution in [0.3, 0.4) is 0 Å². The molecule has 82 valence electrons. The van der Waals surface area contributed by atoms with Crippen molar-refractivity contribution in [3.05, 3.63) is 42.0 Å². The van der Waals surface area contributed by atoms with Gasteiger partial charge in [0.25, 0.3) is 0 Å². The maximum absolute atomic E-state index is 9.55. The molecule has 1 rings (SSSR count). The summed E-state index contributed by atoms with van der Waals surface area (Å²) >= 11 is 0. The first kappa shape index (κ1) is 11.8. The highest BCUT2D eigenvalue weighted by molar-refractivity contribution is 5.38. The van der Waals surface area contributed by atoms with E-state index in [9.17, 15) is 5.11 Å². The molecule has 1 N–H and O–H groups in total. The van der Waals surface area contributed by atoms with E-state index in [2.05, 4.69) is 6.58 Å². The maximum atomic E-state index is 9.55. The quantitative estimate of drug-likeness (QED) is 0.592. The normalized spacial score (nSPS) is 12.2. The molecule has 0 spiro atoms. The van der Waals surface area contributed by atoms with Gasteiger partial charge in [0.2, 0.25) is 0 Å². The Bertz CT molecular complexity index is 329. The van der Waals surface area contributed by atoms with Crippen LogP contribution in [0.25, 0.3) is 0 Å². The van der Waals surface area contributed by atoms with E-state index < -0.39 is 6.10 Å². The summed E-state index contributed by atoms with van der Waals surface area (Å²) in [6.07, 6.45) is 2.13. The van der Waals surface area contributed by atoms with Gasteiger partial charge in [-0.15, -0.1) is 6.58 Å². The molecule has 0 fully saturated rings. The predicted octanol–water partition coefficient (Wildman–Crippen LogP) is 3.00. The number of aryl methyl sites for hydroxylation is 1. The molecule has 1 aromatic rings. The van der Waals surface area contributed by atoms with Gasteiger partial charge in [-0.3, -0.25) is 0 Å². The fourth-order valence-electron chi connectivity index (χ4n) is 1.36. The smallest absolute Gasteiger partial charge is 0.125 e. The molecule has 0 saturated carbocycles. The van der Waals surface area contributed by atoms with Crippen LogP contribution in [0.1, 0.15) is 30.6 Å². The van der Waals surface area contributed by atoms with Crippen LogP contribution in [0.4, 0.5) is 0 Å². The predicted molar refractivity (Wildman–Crippen MR) is 62.1 cm³/mol. The van der Waals surface area contributed by atoms with E-state index in [1.807, 2.05) is 31.2 Å². The minimum absolute atomic E-state index is 0.496. The van der Waals surface area contributed by atoms with Crippen LogP contribution in [0.5, 0.6) is 5.75 Å². The number of ether oxygens (including phenoxy) is 1. The molecule has 0 aliphatic heterocycles. The van der Waals surface area contributed by atoms with Gasteiger partial charge >= 0.3 is 0 Å². The van der Waals surface area contributed by atoms with Crippen LogP contribution in [0.2, 0.25) is 0 Å². The average molecular weight is 206 g/mol. The second-order valence-electron chi connectivity index (χ2n) is 3.64. The topological polar surface area (TPSA) is 29.5 Å². The van der Waals surface area contributed by atoms with Crippen LogP contribution in [0, 0.1) is 6.92 Å². The highest BCUT2D eigenvalue weighted by Gasteiger charge is 2.08. The molecule has 1 aromatic carbocycles. The molecule has 0 amide bonds. The molecular formula is C13H18O2. The Kier molecular flexibility index (Phi) is 4.37. The van der Waals surface area contributed by atoms with Gasteiger partial charge in [0.1, 0.15) is 5.75 Å². The van der Waals surface area contributed by atoms with E-state index in [1.165, 1.54) is 0 Å². The average Bonchev–Trinajstić information content (AvgIpc) is 2.18. The molecule has 2 heteroatoms. The van der Waals surface area contributed by atoms with Crippen molar-refractivity contribution in [1.82, 2.24) is 0 Å². The van der Waals surface area contributed by atoms with Gasteiger partial charge in [-0.25, -0.2) is 0 Å². The second-order valence-corrected chi connectivity index (χ2v) is 3.64. The minimum Gasteiger partial charge on any atom is -0.493 e. The lowest BCUT2D eigenvalue weighted by Crippen LogP contribution is -2.01. The molecular weight excluding hydrogens is 188 g/mol.